The third-order valence-electron chi connectivity index (χ3n) is 3.60. The van der Waals surface area contributed by atoms with E-state index in [1.54, 1.807) is 7.11 Å². The number of ether oxygens (including phenoxy) is 2. The minimum Gasteiger partial charge on any atom is -0.497 e. The van der Waals surface area contributed by atoms with Crippen LogP contribution in [0.3, 0.4) is 0 Å². The van der Waals surface area contributed by atoms with Gasteiger partial charge in [-0.3, -0.25) is 4.90 Å². The highest BCUT2D eigenvalue weighted by Gasteiger charge is 2.16. The van der Waals surface area contributed by atoms with Gasteiger partial charge in [0.25, 0.3) is 0 Å². The Balaban J connectivity index is 1.46. The molecule has 0 bridgehead atoms. The van der Waals surface area contributed by atoms with E-state index in [0.29, 0.717) is 12.4 Å². The quantitative estimate of drug-likeness (QED) is 0.868. The van der Waals surface area contributed by atoms with E-state index in [2.05, 4.69) is 31.6 Å². The van der Waals surface area contributed by atoms with Gasteiger partial charge in [-0.1, -0.05) is 6.08 Å². The Kier molecular flexibility index (Phi) is 4.65. The largest absolute Gasteiger partial charge is 0.497 e. The van der Waals surface area contributed by atoms with Crippen molar-refractivity contribution in [3.8, 4) is 11.5 Å². The molecule has 116 valence electrons. The highest BCUT2D eigenvalue weighted by atomic mass is 16.5. The second-order valence-corrected chi connectivity index (χ2v) is 5.05. The average molecular weight is 301 g/mol. The Hall–Kier alpha value is -2.41. The summed E-state index contributed by atoms with van der Waals surface area (Å²) in [5.41, 5.74) is 1.12. The molecule has 0 spiro atoms. The summed E-state index contributed by atoms with van der Waals surface area (Å²) in [6, 6.07) is 7.62. The van der Waals surface area contributed by atoms with Gasteiger partial charge in [0, 0.05) is 25.2 Å². The van der Waals surface area contributed by atoms with E-state index >= 15 is 0 Å². The molecule has 0 saturated heterocycles. The molecule has 0 atom stereocenters. The molecule has 1 aliphatic heterocycles. The molecule has 7 nitrogen and oxygen atoms in total. The van der Waals surface area contributed by atoms with Gasteiger partial charge < -0.3 is 9.47 Å². The lowest BCUT2D eigenvalue weighted by molar-refractivity contribution is 0.223. The molecule has 0 saturated carbocycles. The van der Waals surface area contributed by atoms with Gasteiger partial charge in [-0.05, 0) is 35.9 Å². The van der Waals surface area contributed by atoms with E-state index in [1.807, 2.05) is 24.3 Å². The van der Waals surface area contributed by atoms with Gasteiger partial charge in [-0.25, -0.2) is 0 Å². The molecular formula is C15H19N5O2. The van der Waals surface area contributed by atoms with Crippen molar-refractivity contribution in [1.29, 1.82) is 0 Å². The van der Waals surface area contributed by atoms with E-state index < -0.39 is 0 Å². The van der Waals surface area contributed by atoms with Crippen LogP contribution in [-0.2, 0) is 0 Å². The zero-order valence-corrected chi connectivity index (χ0v) is 12.5. The van der Waals surface area contributed by atoms with Crippen LogP contribution in [0.2, 0.25) is 0 Å². The van der Waals surface area contributed by atoms with E-state index in [4.69, 9.17) is 9.47 Å². The summed E-state index contributed by atoms with van der Waals surface area (Å²) < 4.78 is 10.9. The van der Waals surface area contributed by atoms with Gasteiger partial charge >= 0.3 is 0 Å². The lowest BCUT2D eigenvalue weighted by atomic mass is 10.1. The van der Waals surface area contributed by atoms with E-state index in [-0.39, 0.29) is 0 Å². The van der Waals surface area contributed by atoms with E-state index in [9.17, 15) is 0 Å². The number of hydrogen-bond donors (Lipinski definition) is 1. The molecule has 0 aliphatic carbocycles. The molecule has 1 aromatic carbocycles. The second-order valence-electron chi connectivity index (χ2n) is 5.05. The highest BCUT2D eigenvalue weighted by Crippen LogP contribution is 2.18. The smallest absolute Gasteiger partial charge is 0.201 e. The maximum absolute atomic E-state index is 5.77. The predicted octanol–water partition coefficient (Wildman–Crippen LogP) is 1.38. The van der Waals surface area contributed by atoms with Crippen molar-refractivity contribution in [2.75, 3.05) is 33.4 Å². The van der Waals surface area contributed by atoms with Crippen LogP contribution in [0, 0.1) is 0 Å². The maximum atomic E-state index is 5.77. The number of methoxy groups -OCH3 is 1. The number of aromatic amines is 1. The summed E-state index contributed by atoms with van der Waals surface area (Å²) in [5, 5.41) is 14.2. The Labute approximate surface area is 128 Å². The van der Waals surface area contributed by atoms with Crippen LogP contribution in [0.15, 0.2) is 30.3 Å². The maximum Gasteiger partial charge on any atom is 0.201 e. The van der Waals surface area contributed by atoms with Crippen LogP contribution in [-0.4, -0.2) is 58.9 Å². The van der Waals surface area contributed by atoms with Gasteiger partial charge in [0.1, 0.15) is 18.1 Å². The highest BCUT2D eigenvalue weighted by molar-refractivity contribution is 5.61. The molecule has 22 heavy (non-hydrogen) atoms. The minimum atomic E-state index is 0.645. The first-order valence-corrected chi connectivity index (χ1v) is 7.27. The topological polar surface area (TPSA) is 76.2 Å². The summed E-state index contributed by atoms with van der Waals surface area (Å²) in [4.78, 5) is 2.33. The summed E-state index contributed by atoms with van der Waals surface area (Å²) in [7, 11) is 1.65. The first-order chi connectivity index (χ1) is 10.8. The number of nitrogens with zero attached hydrogens (tertiary/aromatic N) is 4. The third-order valence-corrected chi connectivity index (χ3v) is 3.60. The Morgan fingerprint density at radius 1 is 1.23 bits per heavy atom. The number of nitrogens with one attached hydrogen (secondary N) is 1. The van der Waals surface area contributed by atoms with Crippen LogP contribution in [0.1, 0.15) is 12.2 Å². The standard InChI is InChI=1S/C15H19N5O2/c1-21-13-4-6-14(7-5-13)22-10-9-20-8-2-3-12(11-20)15-16-18-19-17-15/h3-7H,2,8-11H2,1H3,(H,16,17,18,19). The summed E-state index contributed by atoms with van der Waals surface area (Å²) in [6.45, 7) is 3.35. The molecule has 2 aromatic rings. The fourth-order valence-corrected chi connectivity index (χ4v) is 2.42. The Morgan fingerprint density at radius 2 is 2.05 bits per heavy atom. The molecule has 0 fully saturated rings. The molecule has 1 aliphatic rings. The van der Waals surface area contributed by atoms with Gasteiger partial charge in [-0.2, -0.15) is 5.21 Å². The monoisotopic (exact) mass is 301 g/mol. The molecule has 1 N–H and O–H groups in total. The number of hydrogen-bond acceptors (Lipinski definition) is 6. The first kappa shape index (κ1) is 14.5. The van der Waals surface area contributed by atoms with Crippen molar-refractivity contribution in [2.24, 2.45) is 0 Å². The fourth-order valence-electron chi connectivity index (χ4n) is 2.42. The molecule has 2 heterocycles. The Bertz CT molecular complexity index is 609. The van der Waals surface area contributed by atoms with E-state index in [0.717, 1.165) is 43.1 Å². The molecule has 0 unspecified atom stereocenters. The lowest BCUT2D eigenvalue weighted by Gasteiger charge is -2.25. The van der Waals surface area contributed by atoms with Crippen molar-refractivity contribution < 1.29 is 9.47 Å². The van der Waals surface area contributed by atoms with Crippen molar-refractivity contribution in [3.63, 3.8) is 0 Å². The van der Waals surface area contributed by atoms with Crippen LogP contribution >= 0.6 is 0 Å². The predicted molar refractivity (Wildman–Crippen MR) is 81.7 cm³/mol. The van der Waals surface area contributed by atoms with Crippen molar-refractivity contribution in [2.45, 2.75) is 6.42 Å². The van der Waals surface area contributed by atoms with Crippen LogP contribution in [0.5, 0.6) is 11.5 Å². The van der Waals surface area contributed by atoms with Crippen LogP contribution in [0.25, 0.3) is 5.57 Å². The second kappa shape index (κ2) is 7.04. The fraction of sp³-hybridized carbons (Fsp3) is 0.400. The summed E-state index contributed by atoms with van der Waals surface area (Å²) >= 11 is 0. The summed E-state index contributed by atoms with van der Waals surface area (Å²) in [5.74, 6) is 2.37. The third kappa shape index (κ3) is 3.62. The number of aromatic nitrogens is 4. The lowest BCUT2D eigenvalue weighted by Crippen LogP contribution is -2.33. The van der Waals surface area contributed by atoms with Gasteiger partial charge in [0.2, 0.25) is 5.82 Å². The first-order valence-electron chi connectivity index (χ1n) is 7.27. The number of tetrazole rings is 1. The number of H-pyrrole nitrogens is 1. The Morgan fingerprint density at radius 3 is 2.77 bits per heavy atom. The SMILES string of the molecule is COc1ccc(OCCN2CCC=C(c3nn[nH]n3)C2)cc1. The molecule has 7 heteroatoms. The normalized spacial score (nSPS) is 15.4. The van der Waals surface area contributed by atoms with Crippen molar-refractivity contribution in [1.82, 2.24) is 25.5 Å². The zero-order chi connectivity index (χ0) is 15.2. The zero-order valence-electron chi connectivity index (χ0n) is 12.5. The van der Waals surface area contributed by atoms with Gasteiger partial charge in [0.15, 0.2) is 0 Å². The van der Waals surface area contributed by atoms with Crippen molar-refractivity contribution in [3.05, 3.63) is 36.2 Å². The number of rotatable bonds is 6. The molecule has 3 rings (SSSR count). The molecule has 1 aromatic heterocycles. The molecular weight excluding hydrogens is 282 g/mol. The van der Waals surface area contributed by atoms with Crippen LogP contribution < -0.4 is 9.47 Å². The number of benzene rings is 1. The van der Waals surface area contributed by atoms with Crippen LogP contribution in [0.4, 0.5) is 0 Å². The van der Waals surface area contributed by atoms with Gasteiger partial charge in [-0.15, -0.1) is 10.2 Å². The summed E-state index contributed by atoms with van der Waals surface area (Å²) in [6.07, 6.45) is 3.16. The molecule has 0 radical (unpaired) electrons. The molecule has 0 amide bonds. The average Bonchev–Trinajstić information content (AvgIpc) is 3.10. The van der Waals surface area contributed by atoms with Gasteiger partial charge in [0.05, 0.1) is 7.11 Å². The minimum absolute atomic E-state index is 0.645. The van der Waals surface area contributed by atoms with E-state index in [1.165, 1.54) is 0 Å². The van der Waals surface area contributed by atoms with Crippen molar-refractivity contribution >= 4 is 5.57 Å².